The van der Waals surface area contributed by atoms with Crippen LogP contribution in [0.1, 0.15) is 38.1 Å². The normalized spacial score (nSPS) is 10.5. The number of carbonyl (C=O) groups excluding carboxylic acids is 3. The predicted octanol–water partition coefficient (Wildman–Crippen LogP) is 0.191. The van der Waals surface area contributed by atoms with Gasteiger partial charge in [0.2, 0.25) is 11.7 Å². The van der Waals surface area contributed by atoms with Gasteiger partial charge in [-0.3, -0.25) is 14.4 Å². The van der Waals surface area contributed by atoms with Crippen LogP contribution < -0.4 is 16.0 Å². The number of nitrogens with zero attached hydrogens (tertiary/aromatic N) is 4. The second-order valence-corrected chi connectivity index (χ2v) is 6.54. The fourth-order valence-electron chi connectivity index (χ4n) is 2.68. The highest BCUT2D eigenvalue weighted by Crippen LogP contribution is 2.11. The van der Waals surface area contributed by atoms with E-state index in [9.17, 15) is 19.2 Å². The van der Waals surface area contributed by atoms with E-state index in [0.717, 1.165) is 0 Å². The van der Waals surface area contributed by atoms with Crippen molar-refractivity contribution in [1.29, 1.82) is 0 Å². The standard InChI is InChI=1S/C18H20N8O5/c1-25-6-5-19-14(25)17(29)22-10-7-11(21-8-10)16(28)20-4-3-13(27)23-12-9-26(2)15(24-12)18(30)31/h5-9,21H,3-4H2,1-2H3,(H,20,28)(H,22,29)(H,23,27)(H,30,31). The summed E-state index contributed by atoms with van der Waals surface area (Å²) in [5.41, 5.74) is 0.589. The lowest BCUT2D eigenvalue weighted by atomic mass is 10.3. The zero-order chi connectivity index (χ0) is 22.5. The number of carboxylic acid groups (broad SMARTS) is 1. The smallest absolute Gasteiger partial charge is 0.372 e. The van der Waals surface area contributed by atoms with Gasteiger partial charge in [0.25, 0.3) is 11.8 Å². The fraction of sp³-hybridized carbons (Fsp3) is 0.222. The first-order valence-electron chi connectivity index (χ1n) is 9.06. The molecule has 31 heavy (non-hydrogen) atoms. The van der Waals surface area contributed by atoms with Crippen LogP contribution in [0.3, 0.4) is 0 Å². The molecule has 3 amide bonds. The number of aryl methyl sites for hydroxylation is 2. The van der Waals surface area contributed by atoms with E-state index in [-0.39, 0.29) is 36.1 Å². The molecule has 3 rings (SSSR count). The molecular weight excluding hydrogens is 408 g/mol. The van der Waals surface area contributed by atoms with E-state index in [0.29, 0.717) is 5.69 Å². The second kappa shape index (κ2) is 8.94. The fourth-order valence-corrected chi connectivity index (χ4v) is 2.68. The lowest BCUT2D eigenvalue weighted by molar-refractivity contribution is -0.116. The van der Waals surface area contributed by atoms with E-state index in [4.69, 9.17) is 5.11 Å². The van der Waals surface area contributed by atoms with E-state index in [1.807, 2.05) is 0 Å². The Bertz CT molecular complexity index is 1140. The summed E-state index contributed by atoms with van der Waals surface area (Å²) in [5, 5.41) is 16.6. The SMILES string of the molecule is Cn1cc(NC(=O)CCNC(=O)c2cc(NC(=O)c3nccn3C)c[nH]2)nc1C(=O)O. The van der Waals surface area contributed by atoms with Crippen molar-refractivity contribution in [3.05, 3.63) is 48.2 Å². The van der Waals surface area contributed by atoms with Gasteiger partial charge in [0.1, 0.15) is 5.69 Å². The number of H-pyrrole nitrogens is 1. The molecule has 5 N–H and O–H groups in total. The summed E-state index contributed by atoms with van der Waals surface area (Å²) in [6.45, 7) is 0.0390. The average Bonchev–Trinajstić information content (AvgIpc) is 3.42. The van der Waals surface area contributed by atoms with Crippen LogP contribution in [0.15, 0.2) is 30.9 Å². The van der Waals surface area contributed by atoms with Crippen LogP contribution in [-0.2, 0) is 18.9 Å². The van der Waals surface area contributed by atoms with Crippen LogP contribution in [0.25, 0.3) is 0 Å². The van der Waals surface area contributed by atoms with E-state index in [2.05, 4.69) is 30.9 Å². The number of carbonyl (C=O) groups is 4. The number of hydrogen-bond acceptors (Lipinski definition) is 6. The molecule has 0 bridgehead atoms. The third kappa shape index (κ3) is 5.14. The third-order valence-electron chi connectivity index (χ3n) is 4.18. The molecule has 0 fully saturated rings. The molecule has 0 aliphatic rings. The van der Waals surface area contributed by atoms with Gasteiger partial charge in [-0.25, -0.2) is 14.8 Å². The Morgan fingerprint density at radius 2 is 1.87 bits per heavy atom. The topological polar surface area (TPSA) is 176 Å². The van der Waals surface area contributed by atoms with Crippen molar-refractivity contribution in [2.24, 2.45) is 14.1 Å². The van der Waals surface area contributed by atoms with Gasteiger partial charge in [-0.1, -0.05) is 0 Å². The van der Waals surface area contributed by atoms with Crippen LogP contribution in [0.5, 0.6) is 0 Å². The highest BCUT2D eigenvalue weighted by Gasteiger charge is 2.15. The van der Waals surface area contributed by atoms with Gasteiger partial charge in [-0.15, -0.1) is 0 Å². The molecule has 3 aromatic rings. The largest absolute Gasteiger partial charge is 0.475 e. The molecule has 0 aromatic carbocycles. The zero-order valence-corrected chi connectivity index (χ0v) is 16.7. The van der Waals surface area contributed by atoms with Crippen molar-refractivity contribution >= 4 is 35.2 Å². The minimum atomic E-state index is -1.21. The van der Waals surface area contributed by atoms with Crippen molar-refractivity contribution in [1.82, 2.24) is 29.4 Å². The predicted molar refractivity (Wildman–Crippen MR) is 108 cm³/mol. The number of anilines is 2. The van der Waals surface area contributed by atoms with Gasteiger partial charge in [0.15, 0.2) is 11.6 Å². The van der Waals surface area contributed by atoms with Crippen LogP contribution in [0.2, 0.25) is 0 Å². The number of aromatic amines is 1. The second-order valence-electron chi connectivity index (χ2n) is 6.54. The van der Waals surface area contributed by atoms with Gasteiger partial charge >= 0.3 is 5.97 Å². The van der Waals surface area contributed by atoms with Crippen molar-refractivity contribution in [2.75, 3.05) is 17.2 Å². The number of aromatic nitrogens is 5. The summed E-state index contributed by atoms with van der Waals surface area (Å²) in [7, 11) is 3.18. The molecule has 13 heteroatoms. The van der Waals surface area contributed by atoms with Crippen molar-refractivity contribution < 1.29 is 24.3 Å². The molecule has 0 atom stereocenters. The summed E-state index contributed by atoms with van der Waals surface area (Å²) in [6.07, 6.45) is 5.93. The van der Waals surface area contributed by atoms with Crippen molar-refractivity contribution in [3.8, 4) is 0 Å². The van der Waals surface area contributed by atoms with E-state index < -0.39 is 23.7 Å². The van der Waals surface area contributed by atoms with Gasteiger partial charge in [0.05, 0.1) is 5.69 Å². The van der Waals surface area contributed by atoms with E-state index >= 15 is 0 Å². The molecule has 13 nitrogen and oxygen atoms in total. The molecule has 0 spiro atoms. The van der Waals surface area contributed by atoms with E-state index in [1.54, 1.807) is 17.8 Å². The zero-order valence-electron chi connectivity index (χ0n) is 16.7. The molecule has 0 aliphatic carbocycles. The van der Waals surface area contributed by atoms with E-state index in [1.165, 1.54) is 36.3 Å². The summed E-state index contributed by atoms with van der Waals surface area (Å²) in [4.78, 5) is 57.8. The average molecular weight is 428 g/mol. The Kier molecular flexibility index (Phi) is 6.14. The molecular formula is C18H20N8O5. The Balaban J connectivity index is 1.46. The third-order valence-corrected chi connectivity index (χ3v) is 4.18. The van der Waals surface area contributed by atoms with Crippen molar-refractivity contribution in [3.63, 3.8) is 0 Å². The summed E-state index contributed by atoms with van der Waals surface area (Å²) in [5.74, 6) is -2.41. The van der Waals surface area contributed by atoms with Gasteiger partial charge < -0.3 is 35.2 Å². The van der Waals surface area contributed by atoms with Crippen molar-refractivity contribution in [2.45, 2.75) is 6.42 Å². The number of aromatic carboxylic acids is 1. The summed E-state index contributed by atoms with van der Waals surface area (Å²) in [6, 6.07) is 1.46. The number of rotatable bonds is 8. The molecule has 0 unspecified atom stereocenters. The maximum absolute atomic E-state index is 12.2. The van der Waals surface area contributed by atoms with Gasteiger partial charge in [-0.2, -0.15) is 0 Å². The van der Waals surface area contributed by atoms with Crippen LogP contribution >= 0.6 is 0 Å². The number of imidazole rings is 2. The lowest BCUT2D eigenvalue weighted by Crippen LogP contribution is -2.28. The number of amides is 3. The first-order chi connectivity index (χ1) is 14.7. The highest BCUT2D eigenvalue weighted by atomic mass is 16.4. The molecule has 3 aromatic heterocycles. The molecule has 0 saturated heterocycles. The maximum Gasteiger partial charge on any atom is 0.372 e. The Morgan fingerprint density at radius 1 is 1.10 bits per heavy atom. The molecule has 162 valence electrons. The van der Waals surface area contributed by atoms with Gasteiger partial charge in [0, 0.05) is 51.8 Å². The van der Waals surface area contributed by atoms with Crippen LogP contribution in [0, 0.1) is 0 Å². The minimum absolute atomic E-state index is 0.0390. The number of nitrogens with one attached hydrogen (secondary N) is 4. The Morgan fingerprint density at radius 3 is 2.52 bits per heavy atom. The molecule has 3 heterocycles. The highest BCUT2D eigenvalue weighted by molar-refractivity contribution is 6.03. The summed E-state index contributed by atoms with van der Waals surface area (Å²) >= 11 is 0. The first-order valence-corrected chi connectivity index (χ1v) is 9.06. The number of carboxylic acids is 1. The molecule has 0 aliphatic heterocycles. The monoisotopic (exact) mass is 428 g/mol. The van der Waals surface area contributed by atoms with Gasteiger partial charge in [-0.05, 0) is 6.07 Å². The molecule has 0 radical (unpaired) electrons. The lowest BCUT2D eigenvalue weighted by Gasteiger charge is -2.04. The minimum Gasteiger partial charge on any atom is -0.475 e. The maximum atomic E-state index is 12.2. The number of hydrogen-bond donors (Lipinski definition) is 5. The summed E-state index contributed by atoms with van der Waals surface area (Å²) < 4.78 is 2.84. The quantitative estimate of drug-likeness (QED) is 0.340. The van der Waals surface area contributed by atoms with Crippen LogP contribution in [0.4, 0.5) is 11.5 Å². The van der Waals surface area contributed by atoms with Crippen LogP contribution in [-0.4, -0.2) is 59.4 Å². The first kappa shape index (κ1) is 21.3. The molecule has 0 saturated carbocycles. The Labute approximate surface area is 175 Å². The Hall–Kier alpha value is -4.42.